The summed E-state index contributed by atoms with van der Waals surface area (Å²) in [5, 5.41) is 6.93. The third-order valence-electron chi connectivity index (χ3n) is 4.98. The van der Waals surface area contributed by atoms with Crippen LogP contribution in [0, 0.1) is 0 Å². The minimum Gasteiger partial charge on any atom is -0.381 e. The van der Waals surface area contributed by atoms with E-state index >= 15 is 0 Å². The third kappa shape index (κ3) is 3.33. The highest BCUT2D eigenvalue weighted by molar-refractivity contribution is 7.91. The first-order chi connectivity index (χ1) is 13.5. The van der Waals surface area contributed by atoms with Crippen molar-refractivity contribution in [3.63, 3.8) is 0 Å². The summed E-state index contributed by atoms with van der Waals surface area (Å²) in [6, 6.07) is 9.47. The second kappa shape index (κ2) is 7.23. The first kappa shape index (κ1) is 18.4. The molecule has 3 N–H and O–H groups in total. The van der Waals surface area contributed by atoms with Gasteiger partial charge in [-0.2, -0.15) is 0 Å². The number of nitrogens with two attached hydrogens (primary N) is 1. The van der Waals surface area contributed by atoms with Gasteiger partial charge in [0.25, 0.3) is 5.91 Å². The van der Waals surface area contributed by atoms with Crippen molar-refractivity contribution in [2.45, 2.75) is 48.1 Å². The van der Waals surface area contributed by atoms with Crippen molar-refractivity contribution in [2.24, 2.45) is 0 Å². The lowest BCUT2D eigenvalue weighted by Crippen LogP contribution is -2.36. The summed E-state index contributed by atoms with van der Waals surface area (Å²) in [6.45, 7) is 0. The van der Waals surface area contributed by atoms with Gasteiger partial charge in [0.2, 0.25) is 9.84 Å². The molecule has 4 rings (SSSR count). The molecule has 0 spiro atoms. The molecular formula is C19H21N5O3S. The lowest BCUT2D eigenvalue weighted by molar-refractivity contribution is 0.0930. The second-order valence-electron chi connectivity index (χ2n) is 6.92. The number of carbonyl (C=O) groups is 1. The Kier molecular flexibility index (Phi) is 4.76. The molecule has 3 aromatic rings. The average Bonchev–Trinajstić information content (AvgIpc) is 3.04. The Balaban J connectivity index is 1.73. The number of hydrogen-bond donors (Lipinski definition) is 2. The monoisotopic (exact) mass is 399 g/mol. The van der Waals surface area contributed by atoms with Gasteiger partial charge in [-0.15, -0.1) is 5.10 Å². The van der Waals surface area contributed by atoms with E-state index < -0.39 is 9.84 Å². The number of benzene rings is 1. The van der Waals surface area contributed by atoms with E-state index in [4.69, 9.17) is 5.73 Å². The van der Waals surface area contributed by atoms with Crippen molar-refractivity contribution in [1.29, 1.82) is 0 Å². The smallest absolute Gasteiger partial charge is 0.259 e. The average molecular weight is 399 g/mol. The number of aromatic nitrogens is 3. The normalized spacial score (nSPS) is 15.6. The fraction of sp³-hybridized carbons (Fsp3) is 0.316. The Morgan fingerprint density at radius 1 is 1.11 bits per heavy atom. The number of sulfone groups is 1. The quantitative estimate of drug-likeness (QED) is 0.649. The predicted molar refractivity (Wildman–Crippen MR) is 104 cm³/mol. The van der Waals surface area contributed by atoms with Crippen molar-refractivity contribution >= 4 is 27.2 Å². The molecule has 1 fully saturated rings. The summed E-state index contributed by atoms with van der Waals surface area (Å²) < 4.78 is 27.0. The Morgan fingerprint density at radius 2 is 1.82 bits per heavy atom. The van der Waals surface area contributed by atoms with E-state index in [0.717, 1.165) is 25.7 Å². The van der Waals surface area contributed by atoms with Gasteiger partial charge in [-0.1, -0.05) is 37.5 Å². The van der Waals surface area contributed by atoms with Crippen LogP contribution < -0.4 is 11.1 Å². The van der Waals surface area contributed by atoms with E-state index in [0.29, 0.717) is 0 Å². The number of nitrogens with one attached hydrogen (secondary N) is 1. The molecule has 0 unspecified atom stereocenters. The number of nitrogens with zero attached hydrogens (tertiary/aromatic N) is 3. The zero-order valence-electron chi connectivity index (χ0n) is 15.2. The fourth-order valence-corrected chi connectivity index (χ4v) is 4.73. The molecule has 0 bridgehead atoms. The number of hydrogen-bond acceptors (Lipinski definition) is 6. The highest BCUT2D eigenvalue weighted by atomic mass is 32.2. The Hall–Kier alpha value is -2.94. The molecule has 146 valence electrons. The molecule has 9 heteroatoms. The number of rotatable bonds is 4. The summed E-state index contributed by atoms with van der Waals surface area (Å²) in [5.41, 5.74) is 6.18. The SMILES string of the molecule is Nc1nn2ccc(S(=O)(=O)c3ccccc3)nc2c1C(=O)NC1CCCCC1. The van der Waals surface area contributed by atoms with Gasteiger partial charge < -0.3 is 11.1 Å². The summed E-state index contributed by atoms with van der Waals surface area (Å²) >= 11 is 0. The van der Waals surface area contributed by atoms with Crippen molar-refractivity contribution in [3.8, 4) is 0 Å². The molecule has 1 aliphatic carbocycles. The van der Waals surface area contributed by atoms with Crippen molar-refractivity contribution in [3.05, 3.63) is 48.2 Å². The van der Waals surface area contributed by atoms with E-state index in [1.165, 1.54) is 35.3 Å². The molecule has 1 aromatic carbocycles. The number of fused-ring (bicyclic) bond motifs is 1. The van der Waals surface area contributed by atoms with Crippen LogP contribution in [-0.4, -0.2) is 35.0 Å². The third-order valence-corrected chi connectivity index (χ3v) is 6.65. The minimum atomic E-state index is -3.82. The lowest BCUT2D eigenvalue weighted by Gasteiger charge is -2.22. The van der Waals surface area contributed by atoms with E-state index in [2.05, 4.69) is 15.4 Å². The van der Waals surface area contributed by atoms with Crippen LogP contribution in [0.25, 0.3) is 5.65 Å². The lowest BCUT2D eigenvalue weighted by atomic mass is 9.95. The van der Waals surface area contributed by atoms with Gasteiger partial charge in [-0.25, -0.2) is 17.9 Å². The Morgan fingerprint density at radius 3 is 2.54 bits per heavy atom. The highest BCUT2D eigenvalue weighted by Crippen LogP contribution is 2.23. The van der Waals surface area contributed by atoms with Crippen LogP contribution in [0.1, 0.15) is 42.5 Å². The van der Waals surface area contributed by atoms with Gasteiger partial charge in [-0.05, 0) is 31.0 Å². The van der Waals surface area contributed by atoms with Gasteiger partial charge >= 0.3 is 0 Å². The molecule has 0 aliphatic heterocycles. The Labute approximate surface area is 162 Å². The molecule has 2 aromatic heterocycles. The van der Waals surface area contributed by atoms with Crippen molar-refractivity contribution in [1.82, 2.24) is 19.9 Å². The molecular weight excluding hydrogens is 378 g/mol. The molecule has 0 radical (unpaired) electrons. The topological polar surface area (TPSA) is 119 Å². The standard InChI is InChI=1S/C19H21N5O3S/c20-17-16(19(25)21-13-7-3-1-4-8-13)18-22-15(11-12-24(18)23-17)28(26,27)14-9-5-2-6-10-14/h2,5-6,9-13H,1,3-4,7-8H2,(H2,20,23)(H,21,25). The summed E-state index contributed by atoms with van der Waals surface area (Å²) in [6.07, 6.45) is 6.62. The fourth-order valence-electron chi connectivity index (χ4n) is 3.52. The van der Waals surface area contributed by atoms with Crippen molar-refractivity contribution < 1.29 is 13.2 Å². The van der Waals surface area contributed by atoms with Crippen LogP contribution in [0.15, 0.2) is 52.5 Å². The largest absolute Gasteiger partial charge is 0.381 e. The van der Waals surface area contributed by atoms with Crippen LogP contribution >= 0.6 is 0 Å². The maximum atomic E-state index is 12.9. The van der Waals surface area contributed by atoms with E-state index in [1.54, 1.807) is 18.2 Å². The van der Waals surface area contributed by atoms with Gasteiger partial charge in [0.05, 0.1) is 4.90 Å². The van der Waals surface area contributed by atoms with Crippen LogP contribution in [0.4, 0.5) is 5.82 Å². The molecule has 28 heavy (non-hydrogen) atoms. The molecule has 8 nitrogen and oxygen atoms in total. The maximum Gasteiger partial charge on any atom is 0.259 e. The molecule has 2 heterocycles. The van der Waals surface area contributed by atoms with Crippen molar-refractivity contribution in [2.75, 3.05) is 5.73 Å². The maximum absolute atomic E-state index is 12.9. The number of amides is 1. The molecule has 1 amide bonds. The zero-order chi connectivity index (χ0) is 19.7. The number of nitrogen functional groups attached to an aromatic ring is 1. The zero-order valence-corrected chi connectivity index (χ0v) is 16.0. The first-order valence-corrected chi connectivity index (χ1v) is 10.7. The minimum absolute atomic E-state index is 0.0232. The summed E-state index contributed by atoms with van der Waals surface area (Å²) in [5.74, 6) is -0.351. The van der Waals surface area contributed by atoms with Gasteiger partial charge in [0.15, 0.2) is 16.5 Å². The Bertz CT molecular complexity index is 1120. The molecule has 0 atom stereocenters. The van der Waals surface area contributed by atoms with E-state index in [1.807, 2.05) is 0 Å². The van der Waals surface area contributed by atoms with Crippen LogP contribution in [0.2, 0.25) is 0 Å². The van der Waals surface area contributed by atoms with E-state index in [-0.39, 0.29) is 38.9 Å². The first-order valence-electron chi connectivity index (χ1n) is 9.22. The van der Waals surface area contributed by atoms with Crippen LogP contribution in [-0.2, 0) is 9.84 Å². The summed E-state index contributed by atoms with van der Waals surface area (Å²) in [7, 11) is -3.82. The second-order valence-corrected chi connectivity index (χ2v) is 8.82. The highest BCUT2D eigenvalue weighted by Gasteiger charge is 2.26. The van der Waals surface area contributed by atoms with E-state index in [9.17, 15) is 13.2 Å². The molecule has 0 saturated heterocycles. The number of anilines is 1. The summed E-state index contributed by atoms with van der Waals surface area (Å²) in [4.78, 5) is 17.2. The van der Waals surface area contributed by atoms with Crippen LogP contribution in [0.3, 0.4) is 0 Å². The number of carbonyl (C=O) groups excluding carboxylic acids is 1. The predicted octanol–water partition coefficient (Wildman–Crippen LogP) is 2.21. The van der Waals surface area contributed by atoms with Gasteiger partial charge in [0, 0.05) is 12.2 Å². The molecule has 1 aliphatic rings. The van der Waals surface area contributed by atoms with Gasteiger partial charge in [-0.3, -0.25) is 4.79 Å². The van der Waals surface area contributed by atoms with Gasteiger partial charge in [0.1, 0.15) is 5.56 Å². The molecule has 1 saturated carbocycles. The van der Waals surface area contributed by atoms with Crippen LogP contribution in [0.5, 0.6) is 0 Å².